The van der Waals surface area contributed by atoms with Crippen LogP contribution in [-0.4, -0.2) is 17.0 Å². The molecule has 2 rings (SSSR count). The zero-order chi connectivity index (χ0) is 14.5. The number of pyridine rings is 1. The molecule has 2 aromatic rings. The highest BCUT2D eigenvalue weighted by molar-refractivity contribution is 5.57. The summed E-state index contributed by atoms with van der Waals surface area (Å²) in [5.41, 5.74) is 2.33. The van der Waals surface area contributed by atoms with Gasteiger partial charge in [-0.2, -0.15) is 0 Å². The number of nitro benzene ring substituents is 1. The maximum Gasteiger partial charge on any atom is 0.274 e. The summed E-state index contributed by atoms with van der Waals surface area (Å²) >= 11 is 0. The molecule has 0 fully saturated rings. The Morgan fingerprint density at radius 1 is 1.40 bits per heavy atom. The minimum Gasteiger partial charge on any atom is -0.493 e. The Morgan fingerprint density at radius 3 is 2.85 bits per heavy atom. The van der Waals surface area contributed by atoms with Crippen molar-refractivity contribution in [2.24, 2.45) is 0 Å². The standard InChI is InChI=1S/C14H15N3O3/c1-10-7-12(14(20-2)9-15-10)16-8-11-5-3-4-6-13(11)17(18)19/h3-7,9H,8H2,1-2H3,(H,15,16). The average Bonchev–Trinajstić information content (AvgIpc) is 2.45. The van der Waals surface area contributed by atoms with Gasteiger partial charge in [0.25, 0.3) is 5.69 Å². The number of nitro groups is 1. The third-order valence-corrected chi connectivity index (χ3v) is 2.88. The number of anilines is 1. The molecular weight excluding hydrogens is 258 g/mol. The zero-order valence-electron chi connectivity index (χ0n) is 11.3. The Balaban J connectivity index is 2.21. The monoisotopic (exact) mass is 273 g/mol. The second-order valence-electron chi connectivity index (χ2n) is 4.27. The molecule has 0 aliphatic carbocycles. The Morgan fingerprint density at radius 2 is 2.15 bits per heavy atom. The fourth-order valence-corrected chi connectivity index (χ4v) is 1.88. The molecule has 104 valence electrons. The molecule has 0 radical (unpaired) electrons. The van der Waals surface area contributed by atoms with Crippen molar-refractivity contribution >= 4 is 11.4 Å². The van der Waals surface area contributed by atoms with Gasteiger partial charge in [0.1, 0.15) is 0 Å². The largest absolute Gasteiger partial charge is 0.493 e. The minimum absolute atomic E-state index is 0.102. The molecule has 0 saturated carbocycles. The second kappa shape index (κ2) is 6.01. The molecule has 1 N–H and O–H groups in total. The van der Waals surface area contributed by atoms with E-state index in [-0.39, 0.29) is 10.6 Å². The number of methoxy groups -OCH3 is 1. The fraction of sp³-hybridized carbons (Fsp3) is 0.214. The number of benzene rings is 1. The highest BCUT2D eigenvalue weighted by Gasteiger charge is 2.12. The molecule has 0 atom stereocenters. The number of aryl methyl sites for hydroxylation is 1. The highest BCUT2D eigenvalue weighted by atomic mass is 16.6. The van der Waals surface area contributed by atoms with Crippen LogP contribution in [0.4, 0.5) is 11.4 Å². The summed E-state index contributed by atoms with van der Waals surface area (Å²) < 4.78 is 5.21. The third-order valence-electron chi connectivity index (χ3n) is 2.88. The predicted molar refractivity (Wildman–Crippen MR) is 75.9 cm³/mol. The van der Waals surface area contributed by atoms with Crippen LogP contribution in [0.5, 0.6) is 5.75 Å². The van der Waals surface area contributed by atoms with Crippen LogP contribution in [0.2, 0.25) is 0 Å². The van der Waals surface area contributed by atoms with E-state index in [1.54, 1.807) is 31.5 Å². The molecule has 1 aromatic carbocycles. The summed E-state index contributed by atoms with van der Waals surface area (Å²) in [6.45, 7) is 2.21. The molecule has 1 aromatic heterocycles. The second-order valence-corrected chi connectivity index (χ2v) is 4.27. The van der Waals surface area contributed by atoms with Crippen LogP contribution in [-0.2, 0) is 6.54 Å². The van der Waals surface area contributed by atoms with Gasteiger partial charge < -0.3 is 10.1 Å². The van der Waals surface area contributed by atoms with E-state index in [9.17, 15) is 10.1 Å². The normalized spacial score (nSPS) is 10.1. The smallest absolute Gasteiger partial charge is 0.274 e. The van der Waals surface area contributed by atoms with Crippen LogP contribution in [0.1, 0.15) is 11.3 Å². The minimum atomic E-state index is -0.383. The van der Waals surface area contributed by atoms with Crippen LogP contribution in [0.3, 0.4) is 0 Å². The fourth-order valence-electron chi connectivity index (χ4n) is 1.88. The first-order valence-electron chi connectivity index (χ1n) is 6.08. The van der Waals surface area contributed by atoms with Gasteiger partial charge in [0.2, 0.25) is 0 Å². The van der Waals surface area contributed by atoms with Crippen molar-refractivity contribution in [3.63, 3.8) is 0 Å². The first-order valence-corrected chi connectivity index (χ1v) is 6.08. The van der Waals surface area contributed by atoms with Gasteiger partial charge >= 0.3 is 0 Å². The SMILES string of the molecule is COc1cnc(C)cc1NCc1ccccc1[N+](=O)[O-]. The summed E-state index contributed by atoms with van der Waals surface area (Å²) in [5.74, 6) is 0.606. The quantitative estimate of drug-likeness (QED) is 0.669. The molecule has 0 aliphatic heterocycles. The Bertz CT molecular complexity index is 629. The van der Waals surface area contributed by atoms with Crippen molar-refractivity contribution in [1.29, 1.82) is 0 Å². The van der Waals surface area contributed by atoms with Gasteiger partial charge in [-0.3, -0.25) is 15.1 Å². The Hall–Kier alpha value is -2.63. The third kappa shape index (κ3) is 3.03. The van der Waals surface area contributed by atoms with Crippen LogP contribution in [0.25, 0.3) is 0 Å². The molecule has 0 bridgehead atoms. The van der Waals surface area contributed by atoms with Crippen molar-refractivity contribution in [1.82, 2.24) is 4.98 Å². The number of ether oxygens (including phenoxy) is 1. The molecule has 0 aliphatic rings. The van der Waals surface area contributed by atoms with Gasteiger partial charge in [-0.25, -0.2) is 0 Å². The molecule has 6 nitrogen and oxygen atoms in total. The van der Waals surface area contributed by atoms with Crippen LogP contribution >= 0.6 is 0 Å². The van der Waals surface area contributed by atoms with E-state index >= 15 is 0 Å². The van der Waals surface area contributed by atoms with Crippen molar-refractivity contribution < 1.29 is 9.66 Å². The molecule has 0 amide bonds. The maximum atomic E-state index is 11.0. The van der Waals surface area contributed by atoms with Gasteiger partial charge in [0, 0.05) is 23.9 Å². The van der Waals surface area contributed by atoms with Crippen molar-refractivity contribution in [3.05, 3.63) is 57.9 Å². The number of nitrogens with zero attached hydrogens (tertiary/aromatic N) is 2. The van der Waals surface area contributed by atoms with Crippen molar-refractivity contribution in [3.8, 4) is 5.75 Å². The Kier molecular flexibility index (Phi) is 4.14. The van der Waals surface area contributed by atoms with E-state index < -0.39 is 0 Å². The number of aromatic nitrogens is 1. The molecule has 0 saturated heterocycles. The summed E-state index contributed by atoms with van der Waals surface area (Å²) in [7, 11) is 1.56. The topological polar surface area (TPSA) is 77.3 Å². The van der Waals surface area contributed by atoms with Crippen molar-refractivity contribution in [2.45, 2.75) is 13.5 Å². The molecular formula is C14H15N3O3. The molecule has 6 heteroatoms. The summed E-state index contributed by atoms with van der Waals surface area (Å²) in [6, 6.07) is 8.49. The summed E-state index contributed by atoms with van der Waals surface area (Å²) in [6.07, 6.45) is 1.62. The van der Waals surface area contributed by atoms with E-state index in [1.165, 1.54) is 6.07 Å². The number of hydrogen-bond donors (Lipinski definition) is 1. The van der Waals surface area contributed by atoms with E-state index in [4.69, 9.17) is 4.74 Å². The number of hydrogen-bond acceptors (Lipinski definition) is 5. The van der Waals surface area contributed by atoms with E-state index in [2.05, 4.69) is 10.3 Å². The highest BCUT2D eigenvalue weighted by Crippen LogP contribution is 2.25. The van der Waals surface area contributed by atoms with Gasteiger partial charge in [0.05, 0.1) is 23.9 Å². The lowest BCUT2D eigenvalue weighted by atomic mass is 10.1. The predicted octanol–water partition coefficient (Wildman–Crippen LogP) is 2.92. The molecule has 20 heavy (non-hydrogen) atoms. The van der Waals surface area contributed by atoms with Gasteiger partial charge in [0.15, 0.2) is 5.75 Å². The van der Waals surface area contributed by atoms with Crippen LogP contribution in [0.15, 0.2) is 36.5 Å². The van der Waals surface area contributed by atoms with Gasteiger partial charge in [-0.05, 0) is 13.0 Å². The van der Waals surface area contributed by atoms with Crippen molar-refractivity contribution in [2.75, 3.05) is 12.4 Å². The Labute approximate surface area is 116 Å². The van der Waals surface area contributed by atoms with E-state index in [1.807, 2.05) is 13.0 Å². The van der Waals surface area contributed by atoms with E-state index in [0.717, 1.165) is 11.4 Å². The van der Waals surface area contributed by atoms with E-state index in [0.29, 0.717) is 17.9 Å². The number of rotatable bonds is 5. The lowest BCUT2D eigenvalue weighted by molar-refractivity contribution is -0.385. The summed E-state index contributed by atoms with van der Waals surface area (Å²) in [4.78, 5) is 14.7. The number of nitrogens with one attached hydrogen (secondary N) is 1. The molecule has 1 heterocycles. The van der Waals surface area contributed by atoms with Gasteiger partial charge in [-0.15, -0.1) is 0 Å². The maximum absolute atomic E-state index is 11.0. The average molecular weight is 273 g/mol. The molecule has 0 spiro atoms. The lowest BCUT2D eigenvalue weighted by Crippen LogP contribution is -2.04. The van der Waals surface area contributed by atoms with Crippen LogP contribution in [0, 0.1) is 17.0 Å². The van der Waals surface area contributed by atoms with Crippen LogP contribution < -0.4 is 10.1 Å². The number of para-hydroxylation sites is 1. The first kappa shape index (κ1) is 13.8. The lowest BCUT2D eigenvalue weighted by Gasteiger charge is -2.11. The first-order chi connectivity index (χ1) is 9.61. The van der Waals surface area contributed by atoms with Gasteiger partial charge in [-0.1, -0.05) is 18.2 Å². The summed E-state index contributed by atoms with van der Waals surface area (Å²) in [5, 5.41) is 14.1. The molecule has 0 unspecified atom stereocenters. The zero-order valence-corrected chi connectivity index (χ0v) is 11.3.